The quantitative estimate of drug-likeness (QED) is 0.924. The monoisotopic (exact) mass is 343 g/mol. The van der Waals surface area contributed by atoms with E-state index in [1.165, 1.54) is 0 Å². The molecular weight excluding hydrogens is 322 g/mol. The minimum absolute atomic E-state index is 0.0341. The molecule has 0 atom stereocenters. The van der Waals surface area contributed by atoms with Crippen molar-refractivity contribution in [2.45, 2.75) is 6.92 Å². The zero-order valence-electron chi connectivity index (χ0n) is 13.8. The molecule has 3 rings (SSSR count). The van der Waals surface area contributed by atoms with Gasteiger partial charge in [0.1, 0.15) is 0 Å². The van der Waals surface area contributed by atoms with Gasteiger partial charge in [-0.2, -0.15) is 0 Å². The molecule has 0 bridgehead atoms. The molecule has 0 unspecified atom stereocenters. The van der Waals surface area contributed by atoms with E-state index in [0.29, 0.717) is 6.54 Å². The summed E-state index contributed by atoms with van der Waals surface area (Å²) in [7, 11) is 0. The van der Waals surface area contributed by atoms with E-state index in [0.717, 1.165) is 48.1 Å². The fraction of sp³-hybridized carbons (Fsp3) is 0.316. The lowest BCUT2D eigenvalue weighted by molar-refractivity contribution is -0.117. The van der Waals surface area contributed by atoms with E-state index in [2.05, 4.69) is 15.1 Å². The molecule has 1 aliphatic heterocycles. The zero-order chi connectivity index (χ0) is 16.9. The number of hydrogen-bond acceptors (Lipinski definition) is 3. The smallest absolute Gasteiger partial charge is 0.238 e. The summed E-state index contributed by atoms with van der Waals surface area (Å²) >= 11 is 6.26. The first kappa shape index (κ1) is 16.8. The summed E-state index contributed by atoms with van der Waals surface area (Å²) in [5.41, 5.74) is 3.07. The van der Waals surface area contributed by atoms with Crippen molar-refractivity contribution in [2.75, 3.05) is 42.9 Å². The van der Waals surface area contributed by atoms with E-state index in [4.69, 9.17) is 11.6 Å². The summed E-state index contributed by atoms with van der Waals surface area (Å²) in [6, 6.07) is 15.8. The molecule has 1 saturated heterocycles. The molecule has 24 heavy (non-hydrogen) atoms. The van der Waals surface area contributed by atoms with Crippen LogP contribution in [0.4, 0.5) is 11.4 Å². The Balaban J connectivity index is 1.50. The standard InChI is InChI=1S/C19H22ClN3O/c1-15-5-4-6-16(13-15)21-19(24)14-22-9-11-23(12-10-22)18-8-3-2-7-17(18)20/h2-8,13H,9-12,14H2,1H3,(H,21,24). The molecule has 1 fully saturated rings. The predicted molar refractivity (Wildman–Crippen MR) is 99.9 cm³/mol. The van der Waals surface area contributed by atoms with E-state index in [1.807, 2.05) is 55.5 Å². The lowest BCUT2D eigenvalue weighted by atomic mass is 10.2. The normalized spacial score (nSPS) is 15.3. The number of halogens is 1. The summed E-state index contributed by atoms with van der Waals surface area (Å²) in [6.45, 7) is 5.90. The van der Waals surface area contributed by atoms with Crippen LogP contribution in [0.5, 0.6) is 0 Å². The first-order chi connectivity index (χ1) is 11.6. The average Bonchev–Trinajstić information content (AvgIpc) is 2.56. The highest BCUT2D eigenvalue weighted by Crippen LogP contribution is 2.25. The number of piperazine rings is 1. The average molecular weight is 344 g/mol. The van der Waals surface area contributed by atoms with Crippen LogP contribution in [-0.2, 0) is 4.79 Å². The molecule has 1 amide bonds. The van der Waals surface area contributed by atoms with Gasteiger partial charge in [-0.05, 0) is 36.8 Å². The highest BCUT2D eigenvalue weighted by atomic mass is 35.5. The molecule has 2 aromatic carbocycles. The second-order valence-electron chi connectivity index (χ2n) is 6.13. The Morgan fingerprint density at radius 2 is 1.83 bits per heavy atom. The number of rotatable bonds is 4. The maximum atomic E-state index is 12.2. The molecule has 126 valence electrons. The Kier molecular flexibility index (Phi) is 5.38. The Hall–Kier alpha value is -2.04. The van der Waals surface area contributed by atoms with Crippen molar-refractivity contribution in [1.82, 2.24) is 4.90 Å². The molecule has 4 nitrogen and oxygen atoms in total. The van der Waals surface area contributed by atoms with Gasteiger partial charge in [0.15, 0.2) is 0 Å². The number of carbonyl (C=O) groups excluding carboxylic acids is 1. The third-order valence-corrected chi connectivity index (χ3v) is 4.55. The van der Waals surface area contributed by atoms with Crippen molar-refractivity contribution in [3.05, 3.63) is 59.1 Å². The fourth-order valence-electron chi connectivity index (χ4n) is 2.98. The largest absolute Gasteiger partial charge is 0.368 e. The molecule has 2 aromatic rings. The third-order valence-electron chi connectivity index (χ3n) is 4.23. The Bertz CT molecular complexity index is 711. The molecule has 1 heterocycles. The number of hydrogen-bond donors (Lipinski definition) is 1. The molecule has 0 radical (unpaired) electrons. The first-order valence-corrected chi connectivity index (χ1v) is 8.58. The van der Waals surface area contributed by atoms with Crippen LogP contribution in [0.25, 0.3) is 0 Å². The summed E-state index contributed by atoms with van der Waals surface area (Å²) < 4.78 is 0. The number of benzene rings is 2. The summed E-state index contributed by atoms with van der Waals surface area (Å²) in [6.07, 6.45) is 0. The minimum atomic E-state index is 0.0341. The van der Waals surface area contributed by atoms with Gasteiger partial charge in [0.05, 0.1) is 17.3 Å². The highest BCUT2D eigenvalue weighted by molar-refractivity contribution is 6.33. The molecule has 0 aromatic heterocycles. The number of para-hydroxylation sites is 1. The van der Waals surface area contributed by atoms with Crippen LogP contribution in [0.2, 0.25) is 5.02 Å². The van der Waals surface area contributed by atoms with Crippen LogP contribution >= 0.6 is 11.6 Å². The van der Waals surface area contributed by atoms with Crippen molar-refractivity contribution >= 4 is 28.9 Å². The summed E-state index contributed by atoms with van der Waals surface area (Å²) in [5, 5.41) is 3.75. The highest BCUT2D eigenvalue weighted by Gasteiger charge is 2.20. The van der Waals surface area contributed by atoms with Crippen LogP contribution in [0.1, 0.15) is 5.56 Å². The number of nitrogens with zero attached hydrogens (tertiary/aromatic N) is 2. The van der Waals surface area contributed by atoms with Crippen LogP contribution in [0.15, 0.2) is 48.5 Å². The van der Waals surface area contributed by atoms with Gasteiger partial charge >= 0.3 is 0 Å². The molecule has 0 spiro atoms. The molecule has 1 N–H and O–H groups in total. The topological polar surface area (TPSA) is 35.6 Å². The molecule has 0 aliphatic carbocycles. The summed E-state index contributed by atoms with van der Waals surface area (Å²) in [5.74, 6) is 0.0341. The van der Waals surface area contributed by atoms with Gasteiger partial charge in [-0.3, -0.25) is 9.69 Å². The van der Waals surface area contributed by atoms with Gasteiger partial charge in [-0.1, -0.05) is 35.9 Å². The van der Waals surface area contributed by atoms with Crippen molar-refractivity contribution in [3.63, 3.8) is 0 Å². The van der Waals surface area contributed by atoms with Gasteiger partial charge in [0, 0.05) is 31.9 Å². The molecular formula is C19H22ClN3O. The van der Waals surface area contributed by atoms with Gasteiger partial charge in [0.25, 0.3) is 0 Å². The van der Waals surface area contributed by atoms with Gasteiger partial charge in [0.2, 0.25) is 5.91 Å². The van der Waals surface area contributed by atoms with Crippen LogP contribution < -0.4 is 10.2 Å². The molecule has 5 heteroatoms. The third kappa shape index (κ3) is 4.28. The van der Waals surface area contributed by atoms with Crippen LogP contribution in [0.3, 0.4) is 0 Å². The number of aryl methyl sites for hydroxylation is 1. The summed E-state index contributed by atoms with van der Waals surface area (Å²) in [4.78, 5) is 16.7. The maximum absolute atomic E-state index is 12.2. The van der Waals surface area contributed by atoms with Crippen molar-refractivity contribution in [3.8, 4) is 0 Å². The zero-order valence-corrected chi connectivity index (χ0v) is 14.6. The number of nitrogens with one attached hydrogen (secondary N) is 1. The van der Waals surface area contributed by atoms with E-state index < -0.39 is 0 Å². The Labute approximate surface area is 148 Å². The fourth-order valence-corrected chi connectivity index (χ4v) is 3.24. The number of anilines is 2. The maximum Gasteiger partial charge on any atom is 0.238 e. The van der Waals surface area contributed by atoms with Gasteiger partial charge < -0.3 is 10.2 Å². The Morgan fingerprint density at radius 3 is 2.54 bits per heavy atom. The Morgan fingerprint density at radius 1 is 1.08 bits per heavy atom. The SMILES string of the molecule is Cc1cccc(NC(=O)CN2CCN(c3ccccc3Cl)CC2)c1. The van der Waals surface area contributed by atoms with Gasteiger partial charge in [-0.25, -0.2) is 0 Å². The molecule has 0 saturated carbocycles. The van der Waals surface area contributed by atoms with E-state index >= 15 is 0 Å². The van der Waals surface area contributed by atoms with Crippen molar-refractivity contribution in [2.24, 2.45) is 0 Å². The second kappa shape index (κ2) is 7.69. The van der Waals surface area contributed by atoms with Crippen LogP contribution in [0, 0.1) is 6.92 Å². The predicted octanol–water partition coefficient (Wildman–Crippen LogP) is 3.41. The molecule has 1 aliphatic rings. The minimum Gasteiger partial charge on any atom is -0.368 e. The lowest BCUT2D eigenvalue weighted by Gasteiger charge is -2.36. The second-order valence-corrected chi connectivity index (χ2v) is 6.54. The lowest BCUT2D eigenvalue weighted by Crippen LogP contribution is -2.48. The van der Waals surface area contributed by atoms with Crippen LogP contribution in [-0.4, -0.2) is 43.5 Å². The van der Waals surface area contributed by atoms with Gasteiger partial charge in [-0.15, -0.1) is 0 Å². The van der Waals surface area contributed by atoms with E-state index in [9.17, 15) is 4.79 Å². The van der Waals surface area contributed by atoms with E-state index in [1.54, 1.807) is 0 Å². The van der Waals surface area contributed by atoms with E-state index in [-0.39, 0.29) is 5.91 Å². The van der Waals surface area contributed by atoms with Crippen molar-refractivity contribution < 1.29 is 4.79 Å². The number of carbonyl (C=O) groups is 1. The number of amides is 1. The van der Waals surface area contributed by atoms with Crippen molar-refractivity contribution in [1.29, 1.82) is 0 Å². The first-order valence-electron chi connectivity index (χ1n) is 8.20.